The van der Waals surface area contributed by atoms with Gasteiger partial charge in [-0.3, -0.25) is 4.79 Å². The highest BCUT2D eigenvalue weighted by Gasteiger charge is 2.40. The van der Waals surface area contributed by atoms with Crippen LogP contribution in [0.3, 0.4) is 0 Å². The summed E-state index contributed by atoms with van der Waals surface area (Å²) in [5.74, 6) is 5.50. The normalized spacial score (nSPS) is 25.5. The van der Waals surface area contributed by atoms with Crippen LogP contribution in [-0.4, -0.2) is 41.5 Å². The van der Waals surface area contributed by atoms with E-state index in [9.17, 15) is 15.0 Å². The summed E-state index contributed by atoms with van der Waals surface area (Å²) in [5, 5.41) is 24.8. The zero-order chi connectivity index (χ0) is 22.4. The Bertz CT molecular complexity index is 688. The minimum atomic E-state index is -0.608. The third kappa shape index (κ3) is 9.04. The zero-order valence-electron chi connectivity index (χ0n) is 18.3. The highest BCUT2D eigenvalue weighted by Crippen LogP contribution is 2.38. The molecule has 0 spiro atoms. The Morgan fingerprint density at radius 1 is 1.43 bits per heavy atom. The van der Waals surface area contributed by atoms with E-state index in [0.717, 1.165) is 19.3 Å². The van der Waals surface area contributed by atoms with Crippen LogP contribution in [0.25, 0.3) is 10.4 Å². The maximum Gasteiger partial charge on any atom is 0.305 e. The molecule has 0 heterocycles. The monoisotopic (exact) mass is 417 g/mol. The van der Waals surface area contributed by atoms with Crippen LogP contribution in [0.15, 0.2) is 29.4 Å². The van der Waals surface area contributed by atoms with Gasteiger partial charge in [-0.05, 0) is 56.4 Å². The van der Waals surface area contributed by atoms with Crippen LogP contribution >= 0.6 is 0 Å². The first-order valence-corrected chi connectivity index (χ1v) is 10.6. The Hall–Kier alpha value is -2.26. The van der Waals surface area contributed by atoms with Crippen LogP contribution in [0.5, 0.6) is 0 Å². The summed E-state index contributed by atoms with van der Waals surface area (Å²) in [4.78, 5) is 14.1. The highest BCUT2D eigenvalue weighted by atomic mass is 16.5. The van der Waals surface area contributed by atoms with Crippen molar-refractivity contribution in [2.75, 3.05) is 7.11 Å². The Morgan fingerprint density at radius 3 is 2.87 bits per heavy atom. The molecule has 1 aliphatic rings. The molecule has 0 aromatic heterocycles. The lowest BCUT2D eigenvalue weighted by atomic mass is 9.88. The second-order valence-corrected chi connectivity index (χ2v) is 7.81. The standard InChI is InChI=1S/C23H35N3O4/c1-4-5-8-11-17(2)21(27)15-14-19-18(20(25-26-24)16-22(19)28)12-9-6-7-10-13-23(29)30-3/h6,9,14-15,17-22,27-28H,7-8,10-13,16H2,1-3H3/b9-6-,15-14+/t17?,18-,19-,20+,21-,22-/m1/s1. The van der Waals surface area contributed by atoms with E-state index in [-0.39, 0.29) is 29.8 Å². The van der Waals surface area contributed by atoms with Gasteiger partial charge in [0.25, 0.3) is 0 Å². The molecule has 0 bridgehead atoms. The first kappa shape index (κ1) is 25.8. The topological polar surface area (TPSA) is 116 Å². The number of aliphatic hydroxyl groups excluding tert-OH is 2. The average Bonchev–Trinajstić information content (AvgIpc) is 3.02. The number of hydrogen-bond acceptors (Lipinski definition) is 5. The van der Waals surface area contributed by atoms with Gasteiger partial charge < -0.3 is 14.9 Å². The second kappa shape index (κ2) is 14.7. The predicted molar refractivity (Wildman–Crippen MR) is 117 cm³/mol. The lowest BCUT2D eigenvalue weighted by Gasteiger charge is -2.21. The van der Waals surface area contributed by atoms with E-state index in [1.807, 2.05) is 25.2 Å². The van der Waals surface area contributed by atoms with E-state index in [1.165, 1.54) is 7.11 Å². The van der Waals surface area contributed by atoms with E-state index in [2.05, 4.69) is 26.6 Å². The van der Waals surface area contributed by atoms with Gasteiger partial charge in [0.1, 0.15) is 0 Å². The van der Waals surface area contributed by atoms with Crippen molar-refractivity contribution in [2.24, 2.45) is 22.9 Å². The van der Waals surface area contributed by atoms with Gasteiger partial charge in [0.15, 0.2) is 0 Å². The Balaban J connectivity index is 2.69. The van der Waals surface area contributed by atoms with Crippen molar-refractivity contribution in [3.8, 4) is 11.8 Å². The van der Waals surface area contributed by atoms with Crippen molar-refractivity contribution < 1.29 is 19.7 Å². The molecule has 6 atom stereocenters. The van der Waals surface area contributed by atoms with Crippen LogP contribution in [0.4, 0.5) is 0 Å². The number of azide groups is 1. The second-order valence-electron chi connectivity index (χ2n) is 7.81. The number of nitrogens with zero attached hydrogens (tertiary/aromatic N) is 3. The molecule has 2 N–H and O–H groups in total. The number of unbranched alkanes of at least 4 members (excludes halogenated alkanes) is 1. The summed E-state index contributed by atoms with van der Waals surface area (Å²) in [6, 6.07) is -0.284. The van der Waals surface area contributed by atoms with E-state index in [4.69, 9.17) is 5.53 Å². The Kier molecular flexibility index (Phi) is 12.6. The van der Waals surface area contributed by atoms with E-state index >= 15 is 0 Å². The molecule has 0 radical (unpaired) electrons. The van der Waals surface area contributed by atoms with E-state index < -0.39 is 12.2 Å². The quantitative estimate of drug-likeness (QED) is 0.0936. The molecule has 7 nitrogen and oxygen atoms in total. The maximum absolute atomic E-state index is 11.1. The Labute approximate surface area is 179 Å². The van der Waals surface area contributed by atoms with Crippen molar-refractivity contribution in [3.63, 3.8) is 0 Å². The molecule has 1 fully saturated rings. The SMILES string of the molecule is CC#CCCC(C)[C@H](O)/C=C/[C@@H]1[C@@H](C/C=C\CCCC(=O)OC)[C@@H](N=[N+]=[N-])C[C@H]1O. The van der Waals surface area contributed by atoms with E-state index in [0.29, 0.717) is 25.7 Å². The Morgan fingerprint density at radius 2 is 2.20 bits per heavy atom. The number of aliphatic hydroxyl groups is 2. The molecule has 1 rings (SSSR count). The molecule has 0 aliphatic heterocycles. The van der Waals surface area contributed by atoms with Gasteiger partial charge in [-0.25, -0.2) is 0 Å². The fourth-order valence-corrected chi connectivity index (χ4v) is 3.77. The van der Waals surface area contributed by atoms with Gasteiger partial charge in [-0.15, -0.1) is 11.8 Å². The molecular formula is C23H35N3O4. The molecule has 7 heteroatoms. The summed E-state index contributed by atoms with van der Waals surface area (Å²) in [7, 11) is 1.38. The van der Waals surface area contributed by atoms with Crippen LogP contribution < -0.4 is 0 Å². The summed E-state index contributed by atoms with van der Waals surface area (Å²) < 4.78 is 4.62. The minimum absolute atomic E-state index is 0.0301. The molecule has 1 aliphatic carbocycles. The van der Waals surface area contributed by atoms with Gasteiger partial charge >= 0.3 is 5.97 Å². The number of methoxy groups -OCH3 is 1. The molecule has 1 saturated carbocycles. The van der Waals surface area contributed by atoms with Crippen molar-refractivity contribution in [2.45, 2.75) is 77.0 Å². The van der Waals surface area contributed by atoms with Crippen LogP contribution in [0, 0.1) is 29.6 Å². The van der Waals surface area contributed by atoms with Gasteiger partial charge in [0.05, 0.1) is 19.3 Å². The van der Waals surface area contributed by atoms with Gasteiger partial charge in [-0.1, -0.05) is 36.3 Å². The lowest BCUT2D eigenvalue weighted by molar-refractivity contribution is -0.140. The first-order valence-electron chi connectivity index (χ1n) is 10.6. The number of allylic oxidation sites excluding steroid dienone is 2. The largest absolute Gasteiger partial charge is 0.469 e. The number of hydrogen-bond donors (Lipinski definition) is 2. The molecular weight excluding hydrogens is 382 g/mol. The minimum Gasteiger partial charge on any atom is -0.469 e. The first-order chi connectivity index (χ1) is 14.4. The average molecular weight is 418 g/mol. The number of esters is 1. The van der Waals surface area contributed by atoms with Crippen LogP contribution in [-0.2, 0) is 9.53 Å². The fraction of sp³-hybridized carbons (Fsp3) is 0.696. The fourth-order valence-electron chi connectivity index (χ4n) is 3.77. The summed E-state index contributed by atoms with van der Waals surface area (Å²) >= 11 is 0. The summed E-state index contributed by atoms with van der Waals surface area (Å²) in [6.07, 6.45) is 10.9. The van der Waals surface area contributed by atoms with Gasteiger partial charge in [0, 0.05) is 29.7 Å². The lowest BCUT2D eigenvalue weighted by Crippen LogP contribution is -2.21. The molecule has 30 heavy (non-hydrogen) atoms. The van der Waals surface area contributed by atoms with Crippen molar-refractivity contribution in [1.82, 2.24) is 0 Å². The van der Waals surface area contributed by atoms with E-state index in [1.54, 1.807) is 13.0 Å². The van der Waals surface area contributed by atoms with Gasteiger partial charge in [-0.2, -0.15) is 0 Å². The highest BCUT2D eigenvalue weighted by molar-refractivity contribution is 5.69. The smallest absolute Gasteiger partial charge is 0.305 e. The van der Waals surface area contributed by atoms with Crippen molar-refractivity contribution in [1.29, 1.82) is 0 Å². The predicted octanol–water partition coefficient (Wildman–Crippen LogP) is 4.31. The van der Waals surface area contributed by atoms with Gasteiger partial charge in [0.2, 0.25) is 0 Å². The summed E-state index contributed by atoms with van der Waals surface area (Å²) in [5.41, 5.74) is 8.87. The molecule has 0 aromatic carbocycles. The number of ether oxygens (including phenoxy) is 1. The van der Waals surface area contributed by atoms with Crippen LogP contribution in [0.2, 0.25) is 0 Å². The molecule has 166 valence electrons. The number of rotatable bonds is 12. The number of carbonyl (C=O) groups excluding carboxylic acids is 1. The molecule has 0 aromatic rings. The van der Waals surface area contributed by atoms with Crippen molar-refractivity contribution >= 4 is 5.97 Å². The molecule has 0 saturated heterocycles. The zero-order valence-corrected chi connectivity index (χ0v) is 18.3. The summed E-state index contributed by atoms with van der Waals surface area (Å²) in [6.45, 7) is 3.78. The number of carbonyl (C=O) groups is 1. The molecule has 1 unspecified atom stereocenters. The van der Waals surface area contributed by atoms with Crippen LogP contribution in [0.1, 0.15) is 58.8 Å². The third-order valence-corrected chi connectivity index (χ3v) is 5.69. The van der Waals surface area contributed by atoms with Crippen molar-refractivity contribution in [3.05, 3.63) is 34.7 Å². The third-order valence-electron chi connectivity index (χ3n) is 5.69. The maximum atomic E-state index is 11.1. The molecule has 0 amide bonds.